The fourth-order valence-electron chi connectivity index (χ4n) is 2.83. The second-order valence-electron chi connectivity index (χ2n) is 5.79. The number of anilines is 3. The van der Waals surface area contributed by atoms with Crippen LogP contribution in [0.15, 0.2) is 17.1 Å². The number of aliphatic imine (C=N–C) groups is 1. The first-order valence-electron chi connectivity index (χ1n) is 7.67. The SMILES string of the molecule is N#CNC1=NC(c2c(O)cc(C(F)(F)F)cc2F)c2c(nc(N)c(C#N)c2N)N1. The summed E-state index contributed by atoms with van der Waals surface area (Å²) in [5.41, 5.74) is 8.92. The zero-order valence-corrected chi connectivity index (χ0v) is 14.1. The molecule has 0 amide bonds. The number of benzene rings is 1. The maximum Gasteiger partial charge on any atom is 0.416 e. The van der Waals surface area contributed by atoms with Crippen molar-refractivity contribution >= 4 is 23.3 Å². The number of fused-ring (bicyclic) bond motifs is 1. The molecule has 0 saturated carbocycles. The smallest absolute Gasteiger partial charge is 0.416 e. The van der Waals surface area contributed by atoms with Gasteiger partial charge in [-0.3, -0.25) is 5.32 Å². The fourth-order valence-corrected chi connectivity index (χ4v) is 2.83. The van der Waals surface area contributed by atoms with Gasteiger partial charge in [0.25, 0.3) is 0 Å². The second kappa shape index (κ2) is 6.72. The molecule has 13 heteroatoms. The molecule has 0 spiro atoms. The first kappa shape index (κ1) is 19.5. The number of aromatic hydroxyl groups is 1. The highest BCUT2D eigenvalue weighted by molar-refractivity contribution is 5.98. The predicted octanol–water partition coefficient (Wildman–Crippen LogP) is 1.92. The Kier molecular flexibility index (Phi) is 4.52. The zero-order valence-electron chi connectivity index (χ0n) is 14.1. The van der Waals surface area contributed by atoms with Gasteiger partial charge in [-0.05, 0) is 12.1 Å². The normalized spacial score (nSPS) is 15.4. The number of nitrogens with two attached hydrogens (primary N) is 2. The van der Waals surface area contributed by atoms with Gasteiger partial charge >= 0.3 is 6.18 Å². The molecule has 1 aliphatic heterocycles. The lowest BCUT2D eigenvalue weighted by Crippen LogP contribution is -2.33. The third-order valence-electron chi connectivity index (χ3n) is 4.07. The number of phenols is 1. The van der Waals surface area contributed by atoms with Crippen LogP contribution >= 0.6 is 0 Å². The van der Waals surface area contributed by atoms with Crippen LogP contribution in [0.3, 0.4) is 0 Å². The Morgan fingerprint density at radius 1 is 1.21 bits per heavy atom. The van der Waals surface area contributed by atoms with Crippen LogP contribution in [0.25, 0.3) is 0 Å². The molecule has 3 rings (SSSR count). The monoisotopic (exact) mass is 406 g/mol. The molecule has 148 valence electrons. The topological polar surface area (TPSA) is 169 Å². The van der Waals surface area contributed by atoms with E-state index in [4.69, 9.17) is 16.7 Å². The Bertz CT molecular complexity index is 1110. The van der Waals surface area contributed by atoms with Gasteiger partial charge in [0.15, 0.2) is 6.19 Å². The molecule has 1 atom stereocenters. The third kappa shape index (κ3) is 3.25. The molecule has 0 bridgehead atoms. The molecule has 7 N–H and O–H groups in total. The summed E-state index contributed by atoms with van der Waals surface area (Å²) in [7, 11) is 0. The highest BCUT2D eigenvalue weighted by atomic mass is 19.4. The maximum absolute atomic E-state index is 14.6. The molecule has 29 heavy (non-hydrogen) atoms. The number of nitrogens with one attached hydrogen (secondary N) is 2. The van der Waals surface area contributed by atoms with E-state index < -0.39 is 34.9 Å². The molecule has 1 unspecified atom stereocenters. The summed E-state index contributed by atoms with van der Waals surface area (Å²) in [6, 6.07) is 0.718. The summed E-state index contributed by atoms with van der Waals surface area (Å²) in [6.45, 7) is 0. The van der Waals surface area contributed by atoms with Crippen LogP contribution < -0.4 is 22.1 Å². The lowest BCUT2D eigenvalue weighted by atomic mass is 9.93. The molecule has 2 aromatic rings. The van der Waals surface area contributed by atoms with Gasteiger partial charge in [0, 0.05) is 5.56 Å². The summed E-state index contributed by atoms with van der Waals surface area (Å²) in [5.74, 6) is -3.12. The molecule has 0 fully saturated rings. The molecule has 1 aromatic carbocycles. The minimum atomic E-state index is -4.90. The highest BCUT2D eigenvalue weighted by Crippen LogP contribution is 2.45. The molecule has 2 heterocycles. The number of alkyl halides is 3. The van der Waals surface area contributed by atoms with E-state index in [2.05, 4.69) is 20.6 Å². The zero-order chi connectivity index (χ0) is 21.5. The Hall–Kier alpha value is -4.26. The van der Waals surface area contributed by atoms with Crippen molar-refractivity contribution in [2.24, 2.45) is 4.99 Å². The van der Waals surface area contributed by atoms with Gasteiger partial charge in [0.05, 0.1) is 16.8 Å². The number of aromatic nitrogens is 1. The Morgan fingerprint density at radius 3 is 2.45 bits per heavy atom. The lowest BCUT2D eigenvalue weighted by molar-refractivity contribution is -0.137. The molecule has 1 aliphatic rings. The van der Waals surface area contributed by atoms with E-state index in [0.29, 0.717) is 6.07 Å². The molecular formula is C16H10F4N8O. The number of rotatable bonds is 1. The van der Waals surface area contributed by atoms with Crippen LogP contribution in [0.4, 0.5) is 34.9 Å². The number of phenolic OH excluding ortho intramolecular Hbond substituents is 1. The van der Waals surface area contributed by atoms with Gasteiger partial charge in [-0.15, -0.1) is 0 Å². The standard InChI is InChI=1S/C16H10F4N8O/c17-7-1-5(16(18,19)20)2-8(29)9(7)12-10-11(23)6(3-21)13(24)27-14(10)28-15(26-12)25-4-22/h1-2,12,29H,(H6,23,24,25,26,27,28). The number of pyridine rings is 1. The van der Waals surface area contributed by atoms with Crippen molar-refractivity contribution < 1.29 is 22.7 Å². The summed E-state index contributed by atoms with van der Waals surface area (Å²) >= 11 is 0. The van der Waals surface area contributed by atoms with Gasteiger partial charge in [-0.25, -0.2) is 14.4 Å². The van der Waals surface area contributed by atoms with Crippen LogP contribution in [-0.2, 0) is 6.18 Å². The third-order valence-corrected chi connectivity index (χ3v) is 4.07. The van der Waals surface area contributed by atoms with Crippen molar-refractivity contribution in [1.29, 1.82) is 10.5 Å². The maximum atomic E-state index is 14.6. The van der Waals surface area contributed by atoms with Crippen LogP contribution in [0, 0.1) is 28.6 Å². The lowest BCUT2D eigenvalue weighted by Gasteiger charge is -2.27. The molecule has 1 aromatic heterocycles. The molecule has 0 aliphatic carbocycles. The van der Waals surface area contributed by atoms with Gasteiger partial charge in [0.1, 0.15) is 40.9 Å². The Labute approximate surface area is 159 Å². The predicted molar refractivity (Wildman–Crippen MR) is 92.5 cm³/mol. The Morgan fingerprint density at radius 2 is 1.90 bits per heavy atom. The molecular weight excluding hydrogens is 396 g/mol. The summed E-state index contributed by atoms with van der Waals surface area (Å²) in [5, 5.41) is 32.9. The number of hydrogen-bond donors (Lipinski definition) is 5. The minimum absolute atomic E-state index is 0.104. The minimum Gasteiger partial charge on any atom is -0.507 e. The molecule has 0 radical (unpaired) electrons. The van der Waals surface area contributed by atoms with Crippen molar-refractivity contribution in [2.45, 2.75) is 12.2 Å². The second-order valence-corrected chi connectivity index (χ2v) is 5.79. The van der Waals surface area contributed by atoms with E-state index in [1.54, 1.807) is 12.3 Å². The molecule has 0 saturated heterocycles. The van der Waals surface area contributed by atoms with Gasteiger partial charge in [-0.2, -0.15) is 23.7 Å². The number of nitrogens with zero attached hydrogens (tertiary/aromatic N) is 4. The Balaban J connectivity index is 2.30. The van der Waals surface area contributed by atoms with Crippen molar-refractivity contribution in [3.63, 3.8) is 0 Å². The van der Waals surface area contributed by atoms with E-state index >= 15 is 0 Å². The number of halogens is 4. The van der Waals surface area contributed by atoms with Crippen molar-refractivity contribution in [3.05, 3.63) is 40.2 Å². The quantitative estimate of drug-likeness (QED) is 0.272. The summed E-state index contributed by atoms with van der Waals surface area (Å²) < 4.78 is 53.3. The van der Waals surface area contributed by atoms with Gasteiger partial charge in [-0.1, -0.05) is 0 Å². The first-order valence-corrected chi connectivity index (χ1v) is 7.67. The van der Waals surface area contributed by atoms with E-state index in [1.165, 1.54) is 0 Å². The van der Waals surface area contributed by atoms with Gasteiger partial charge < -0.3 is 21.9 Å². The van der Waals surface area contributed by atoms with Gasteiger partial charge in [0.2, 0.25) is 5.96 Å². The average Bonchev–Trinajstić information content (AvgIpc) is 2.60. The van der Waals surface area contributed by atoms with Crippen LogP contribution in [0.2, 0.25) is 0 Å². The van der Waals surface area contributed by atoms with Crippen molar-refractivity contribution in [1.82, 2.24) is 10.3 Å². The number of nitriles is 2. The highest BCUT2D eigenvalue weighted by Gasteiger charge is 2.37. The fraction of sp³-hybridized carbons (Fsp3) is 0.125. The summed E-state index contributed by atoms with van der Waals surface area (Å²) in [4.78, 5) is 7.90. The van der Waals surface area contributed by atoms with Crippen LogP contribution in [0.1, 0.15) is 28.3 Å². The number of guanidine groups is 1. The van der Waals surface area contributed by atoms with E-state index in [1.807, 2.05) is 0 Å². The summed E-state index contributed by atoms with van der Waals surface area (Å²) in [6.07, 6.45) is -3.34. The number of nitrogen functional groups attached to an aromatic ring is 2. The van der Waals surface area contributed by atoms with Crippen molar-refractivity contribution in [3.8, 4) is 18.0 Å². The first-order chi connectivity index (χ1) is 13.6. The van der Waals surface area contributed by atoms with E-state index in [-0.39, 0.29) is 40.5 Å². The van der Waals surface area contributed by atoms with Crippen LogP contribution in [-0.4, -0.2) is 16.1 Å². The molecule has 9 nitrogen and oxygen atoms in total. The van der Waals surface area contributed by atoms with E-state index in [9.17, 15) is 27.9 Å². The van der Waals surface area contributed by atoms with E-state index in [0.717, 1.165) is 0 Å². The largest absolute Gasteiger partial charge is 0.507 e. The van der Waals surface area contributed by atoms with Crippen molar-refractivity contribution in [2.75, 3.05) is 16.8 Å². The van der Waals surface area contributed by atoms with Crippen LogP contribution in [0.5, 0.6) is 5.75 Å². The average molecular weight is 406 g/mol. The number of hydrogen-bond acceptors (Lipinski definition) is 9.